The van der Waals surface area contributed by atoms with E-state index < -0.39 is 0 Å². The zero-order valence-electron chi connectivity index (χ0n) is 17.6. The first-order chi connectivity index (χ1) is 14.5. The van der Waals surface area contributed by atoms with Crippen LogP contribution in [0.3, 0.4) is 0 Å². The number of nitrogens with zero attached hydrogens (tertiary/aromatic N) is 3. The second kappa shape index (κ2) is 10.2. The number of ether oxygens (including phenoxy) is 2. The third-order valence-electron chi connectivity index (χ3n) is 4.35. The zero-order chi connectivity index (χ0) is 21.5. The highest BCUT2D eigenvalue weighted by atomic mass is 32.2. The van der Waals surface area contributed by atoms with Crippen LogP contribution in [0.1, 0.15) is 13.8 Å². The van der Waals surface area contributed by atoms with Gasteiger partial charge in [-0.3, -0.25) is 9.36 Å². The molecule has 158 valence electrons. The highest BCUT2D eigenvalue weighted by molar-refractivity contribution is 7.99. The summed E-state index contributed by atoms with van der Waals surface area (Å²) < 4.78 is 12.5. The first kappa shape index (κ1) is 21.7. The summed E-state index contributed by atoms with van der Waals surface area (Å²) in [5.41, 5.74) is 1.78. The molecular weight excluding hydrogens is 400 g/mol. The summed E-state index contributed by atoms with van der Waals surface area (Å²) in [6, 6.07) is 15.3. The largest absolute Gasteiger partial charge is 0.497 e. The third kappa shape index (κ3) is 5.33. The van der Waals surface area contributed by atoms with Gasteiger partial charge in [-0.05, 0) is 54.4 Å². The maximum atomic E-state index is 12.2. The monoisotopic (exact) mass is 426 g/mol. The molecule has 0 aliphatic carbocycles. The highest BCUT2D eigenvalue weighted by Gasteiger charge is 2.17. The minimum atomic E-state index is -0.0241. The summed E-state index contributed by atoms with van der Waals surface area (Å²) in [5, 5.41) is 12.3. The van der Waals surface area contributed by atoms with Crippen LogP contribution in [0.15, 0.2) is 53.7 Å². The number of hydrogen-bond donors (Lipinski definition) is 1. The molecule has 3 rings (SSSR count). The van der Waals surface area contributed by atoms with Gasteiger partial charge in [0.1, 0.15) is 11.5 Å². The van der Waals surface area contributed by atoms with Gasteiger partial charge in [0, 0.05) is 17.8 Å². The fourth-order valence-corrected chi connectivity index (χ4v) is 3.54. The van der Waals surface area contributed by atoms with Crippen molar-refractivity contribution in [3.63, 3.8) is 0 Å². The molecule has 0 aliphatic heterocycles. The number of aromatic nitrogens is 3. The van der Waals surface area contributed by atoms with E-state index in [0.29, 0.717) is 23.4 Å². The van der Waals surface area contributed by atoms with Gasteiger partial charge in [0.2, 0.25) is 5.91 Å². The van der Waals surface area contributed by atoms with Gasteiger partial charge in [-0.1, -0.05) is 25.6 Å². The molecule has 30 heavy (non-hydrogen) atoms. The minimum absolute atomic E-state index is 0.0241. The molecule has 1 heterocycles. The maximum absolute atomic E-state index is 12.2. The zero-order valence-corrected chi connectivity index (χ0v) is 18.4. The van der Waals surface area contributed by atoms with Crippen molar-refractivity contribution in [3.05, 3.63) is 48.5 Å². The molecule has 2 aromatic carbocycles. The molecule has 1 N–H and O–H groups in total. The lowest BCUT2D eigenvalue weighted by atomic mass is 10.2. The molecule has 0 unspecified atom stereocenters. The van der Waals surface area contributed by atoms with Gasteiger partial charge >= 0.3 is 0 Å². The number of amides is 1. The Morgan fingerprint density at radius 2 is 1.60 bits per heavy atom. The van der Waals surface area contributed by atoms with Gasteiger partial charge in [-0.25, -0.2) is 0 Å². The van der Waals surface area contributed by atoms with Crippen molar-refractivity contribution in [1.29, 1.82) is 0 Å². The van der Waals surface area contributed by atoms with E-state index in [0.717, 1.165) is 22.7 Å². The molecule has 3 aromatic rings. The van der Waals surface area contributed by atoms with E-state index in [1.54, 1.807) is 14.2 Å². The number of nitrogens with one attached hydrogen (secondary N) is 1. The van der Waals surface area contributed by atoms with Gasteiger partial charge in [-0.15, -0.1) is 10.2 Å². The van der Waals surface area contributed by atoms with E-state index in [1.165, 1.54) is 11.8 Å². The van der Waals surface area contributed by atoms with Gasteiger partial charge in [0.15, 0.2) is 11.0 Å². The van der Waals surface area contributed by atoms with E-state index in [-0.39, 0.29) is 11.7 Å². The van der Waals surface area contributed by atoms with E-state index in [2.05, 4.69) is 29.4 Å². The SMILES string of the molecule is COc1ccc(-c2nnc(SCC(=O)NCC(C)C)n2-c2ccc(OC)cc2)cc1. The number of carbonyl (C=O) groups excluding carboxylic acids is 1. The molecule has 0 fully saturated rings. The Hall–Kier alpha value is -3.00. The van der Waals surface area contributed by atoms with Gasteiger partial charge in [-0.2, -0.15) is 0 Å². The topological polar surface area (TPSA) is 78.3 Å². The first-order valence-corrected chi connectivity index (χ1v) is 10.6. The van der Waals surface area contributed by atoms with Crippen LogP contribution in [-0.2, 0) is 4.79 Å². The van der Waals surface area contributed by atoms with Crippen LogP contribution < -0.4 is 14.8 Å². The Kier molecular flexibility index (Phi) is 7.35. The minimum Gasteiger partial charge on any atom is -0.497 e. The van der Waals surface area contributed by atoms with Crippen molar-refractivity contribution in [2.45, 2.75) is 19.0 Å². The van der Waals surface area contributed by atoms with E-state index in [1.807, 2.05) is 53.1 Å². The van der Waals surface area contributed by atoms with Crippen LogP contribution in [0.4, 0.5) is 0 Å². The number of hydrogen-bond acceptors (Lipinski definition) is 6. The Bertz CT molecular complexity index is 969. The van der Waals surface area contributed by atoms with Crippen LogP contribution >= 0.6 is 11.8 Å². The number of methoxy groups -OCH3 is 2. The van der Waals surface area contributed by atoms with Crippen LogP contribution in [0.2, 0.25) is 0 Å². The fraction of sp³-hybridized carbons (Fsp3) is 0.318. The third-order valence-corrected chi connectivity index (χ3v) is 5.28. The summed E-state index contributed by atoms with van der Waals surface area (Å²) in [4.78, 5) is 12.2. The van der Waals surface area contributed by atoms with Crippen LogP contribution in [0.5, 0.6) is 11.5 Å². The van der Waals surface area contributed by atoms with Gasteiger partial charge in [0.25, 0.3) is 0 Å². The summed E-state index contributed by atoms with van der Waals surface area (Å²) in [6.07, 6.45) is 0. The lowest BCUT2D eigenvalue weighted by Gasteiger charge is -2.12. The average Bonchev–Trinajstić information content (AvgIpc) is 3.20. The van der Waals surface area contributed by atoms with Gasteiger partial charge < -0.3 is 14.8 Å². The van der Waals surface area contributed by atoms with E-state index in [9.17, 15) is 4.79 Å². The molecule has 0 spiro atoms. The van der Waals surface area contributed by atoms with Gasteiger partial charge in [0.05, 0.1) is 20.0 Å². The number of benzene rings is 2. The molecule has 0 bridgehead atoms. The Morgan fingerprint density at radius 1 is 1.00 bits per heavy atom. The highest BCUT2D eigenvalue weighted by Crippen LogP contribution is 2.29. The average molecular weight is 427 g/mol. The van der Waals surface area contributed by atoms with Crippen molar-refractivity contribution >= 4 is 17.7 Å². The van der Waals surface area contributed by atoms with Crippen LogP contribution in [-0.4, -0.2) is 47.2 Å². The lowest BCUT2D eigenvalue weighted by molar-refractivity contribution is -0.118. The van der Waals surface area contributed by atoms with Crippen molar-refractivity contribution in [2.75, 3.05) is 26.5 Å². The number of thioether (sulfide) groups is 1. The van der Waals surface area contributed by atoms with Crippen molar-refractivity contribution in [3.8, 4) is 28.6 Å². The smallest absolute Gasteiger partial charge is 0.230 e. The predicted molar refractivity (Wildman–Crippen MR) is 118 cm³/mol. The Balaban J connectivity index is 1.91. The maximum Gasteiger partial charge on any atom is 0.230 e. The number of rotatable bonds is 9. The first-order valence-electron chi connectivity index (χ1n) is 9.65. The molecule has 0 aliphatic rings. The molecule has 1 amide bonds. The Labute approximate surface area is 180 Å². The molecule has 1 aromatic heterocycles. The second-order valence-electron chi connectivity index (χ2n) is 7.05. The molecule has 0 saturated carbocycles. The van der Waals surface area contributed by atoms with E-state index in [4.69, 9.17) is 9.47 Å². The van der Waals surface area contributed by atoms with Crippen molar-refractivity contribution in [2.24, 2.45) is 5.92 Å². The normalized spacial score (nSPS) is 10.8. The predicted octanol–water partition coefficient (Wildman–Crippen LogP) is 3.82. The molecule has 8 heteroatoms. The molecule has 0 saturated heterocycles. The van der Waals surface area contributed by atoms with E-state index >= 15 is 0 Å². The second-order valence-corrected chi connectivity index (χ2v) is 8.00. The molecule has 0 radical (unpaired) electrons. The lowest BCUT2D eigenvalue weighted by Crippen LogP contribution is -2.28. The molecule has 0 atom stereocenters. The standard InChI is InChI=1S/C22H26N4O3S/c1-15(2)13-23-20(27)14-30-22-25-24-21(16-5-9-18(28-3)10-6-16)26(22)17-7-11-19(29-4)12-8-17/h5-12,15H,13-14H2,1-4H3,(H,23,27). The van der Waals surface area contributed by atoms with Crippen LogP contribution in [0, 0.1) is 5.92 Å². The molecular formula is C22H26N4O3S. The summed E-state index contributed by atoms with van der Waals surface area (Å²) >= 11 is 1.36. The van der Waals surface area contributed by atoms with Crippen molar-refractivity contribution in [1.82, 2.24) is 20.1 Å². The van der Waals surface area contributed by atoms with Crippen LogP contribution in [0.25, 0.3) is 17.1 Å². The summed E-state index contributed by atoms with van der Waals surface area (Å²) in [5.74, 6) is 2.87. The summed E-state index contributed by atoms with van der Waals surface area (Å²) in [6.45, 7) is 4.78. The quantitative estimate of drug-likeness (QED) is 0.524. The Morgan fingerprint density at radius 3 is 2.17 bits per heavy atom. The molecule has 7 nitrogen and oxygen atoms in total. The number of carbonyl (C=O) groups is 1. The summed E-state index contributed by atoms with van der Waals surface area (Å²) in [7, 11) is 3.27. The fourth-order valence-electron chi connectivity index (χ4n) is 2.75. The van der Waals surface area contributed by atoms with Crippen molar-refractivity contribution < 1.29 is 14.3 Å².